The number of hydrogen-bond donors (Lipinski definition) is 1. The number of carbonyl (C=O) groups excluding carboxylic acids is 1. The van der Waals surface area contributed by atoms with E-state index in [-0.39, 0.29) is 0 Å². The Bertz CT molecular complexity index is 616. The minimum atomic E-state index is -0.611. The third kappa shape index (κ3) is 3.95. The highest BCUT2D eigenvalue weighted by molar-refractivity contribution is 5.71. The Morgan fingerprint density at radius 2 is 1.90 bits per heavy atom. The van der Waals surface area contributed by atoms with Crippen molar-refractivity contribution in [3.8, 4) is 11.5 Å². The first kappa shape index (κ1) is 14.8. The Morgan fingerprint density at radius 3 is 2.57 bits per heavy atom. The highest BCUT2D eigenvalue weighted by Gasteiger charge is 2.16. The Balaban J connectivity index is 2.05. The maximum Gasteiger partial charge on any atom is 0.413 e. The zero-order chi connectivity index (χ0) is 15.2. The number of hydrogen-bond acceptors (Lipinski definition) is 3. The van der Waals surface area contributed by atoms with Crippen LogP contribution in [0.3, 0.4) is 0 Å². The number of rotatable bonds is 4. The van der Waals surface area contributed by atoms with Crippen molar-refractivity contribution < 1.29 is 18.7 Å². The van der Waals surface area contributed by atoms with Crippen molar-refractivity contribution in [1.82, 2.24) is 5.32 Å². The fourth-order valence-electron chi connectivity index (χ4n) is 1.92. The van der Waals surface area contributed by atoms with E-state index in [9.17, 15) is 9.18 Å². The molecule has 0 radical (unpaired) electrons. The summed E-state index contributed by atoms with van der Waals surface area (Å²) in [5, 5.41) is 2.64. The van der Waals surface area contributed by atoms with E-state index in [4.69, 9.17) is 9.47 Å². The molecule has 1 amide bonds. The van der Waals surface area contributed by atoms with Gasteiger partial charge >= 0.3 is 6.09 Å². The van der Waals surface area contributed by atoms with Crippen LogP contribution in [-0.4, -0.2) is 13.2 Å². The second kappa shape index (κ2) is 6.74. The first-order chi connectivity index (χ1) is 10.1. The van der Waals surface area contributed by atoms with Crippen molar-refractivity contribution in [3.63, 3.8) is 0 Å². The third-order valence-corrected chi connectivity index (χ3v) is 2.95. The van der Waals surface area contributed by atoms with Crippen LogP contribution in [0.4, 0.5) is 9.18 Å². The highest BCUT2D eigenvalue weighted by Crippen LogP contribution is 2.25. The fraction of sp³-hybridized carbons (Fsp3) is 0.188. The van der Waals surface area contributed by atoms with Gasteiger partial charge in [0.05, 0.1) is 13.2 Å². The van der Waals surface area contributed by atoms with Gasteiger partial charge < -0.3 is 14.8 Å². The van der Waals surface area contributed by atoms with E-state index in [2.05, 4.69) is 5.32 Å². The second-order valence-electron chi connectivity index (χ2n) is 4.45. The van der Waals surface area contributed by atoms with Gasteiger partial charge in [-0.05, 0) is 37.3 Å². The van der Waals surface area contributed by atoms with Gasteiger partial charge in [-0.15, -0.1) is 0 Å². The van der Waals surface area contributed by atoms with Crippen molar-refractivity contribution in [2.45, 2.75) is 13.0 Å². The number of carbonyl (C=O) groups is 1. The smallest absolute Gasteiger partial charge is 0.413 e. The van der Waals surface area contributed by atoms with Gasteiger partial charge in [0.15, 0.2) is 0 Å². The lowest BCUT2D eigenvalue weighted by Crippen LogP contribution is -2.29. The summed E-state index contributed by atoms with van der Waals surface area (Å²) in [4.78, 5) is 11.8. The van der Waals surface area contributed by atoms with Crippen molar-refractivity contribution in [3.05, 3.63) is 59.9 Å². The van der Waals surface area contributed by atoms with Gasteiger partial charge in [-0.1, -0.05) is 18.2 Å². The minimum absolute atomic E-state index is 0.393. The number of nitrogens with one attached hydrogen (secondary N) is 1. The Hall–Kier alpha value is -2.56. The van der Waals surface area contributed by atoms with Gasteiger partial charge in [-0.3, -0.25) is 0 Å². The molecule has 4 nitrogen and oxygen atoms in total. The lowest BCUT2D eigenvalue weighted by molar-refractivity contribution is 0.196. The van der Waals surface area contributed by atoms with Gasteiger partial charge in [-0.2, -0.15) is 0 Å². The Morgan fingerprint density at radius 1 is 1.19 bits per heavy atom. The normalized spacial score (nSPS) is 11.6. The van der Waals surface area contributed by atoms with Crippen LogP contribution in [0.25, 0.3) is 0 Å². The molecule has 0 fully saturated rings. The molecule has 21 heavy (non-hydrogen) atoms. The molecule has 0 aliphatic heterocycles. The van der Waals surface area contributed by atoms with Gasteiger partial charge in [0.2, 0.25) is 0 Å². The largest absolute Gasteiger partial charge is 0.496 e. The molecule has 1 unspecified atom stereocenters. The average molecular weight is 289 g/mol. The summed E-state index contributed by atoms with van der Waals surface area (Å²) in [6.07, 6.45) is -0.611. The molecule has 0 aromatic heterocycles. The molecule has 1 N–H and O–H groups in total. The molecule has 0 saturated heterocycles. The van der Waals surface area contributed by atoms with E-state index in [0.29, 0.717) is 17.1 Å². The molecule has 2 rings (SSSR count). The SMILES string of the molecule is COc1ccc(F)cc1C(C)NC(=O)Oc1ccccc1. The molecule has 2 aromatic rings. The molecule has 5 heteroatoms. The number of para-hydroxylation sites is 1. The zero-order valence-electron chi connectivity index (χ0n) is 11.8. The van der Waals surface area contributed by atoms with Crippen LogP contribution in [0.15, 0.2) is 48.5 Å². The predicted molar refractivity (Wildman–Crippen MR) is 77.0 cm³/mol. The topological polar surface area (TPSA) is 47.6 Å². The van der Waals surface area contributed by atoms with Crippen LogP contribution < -0.4 is 14.8 Å². The van der Waals surface area contributed by atoms with Gasteiger partial charge in [0.25, 0.3) is 0 Å². The Labute approximate surface area is 122 Å². The lowest BCUT2D eigenvalue weighted by Gasteiger charge is -2.17. The zero-order valence-corrected chi connectivity index (χ0v) is 11.8. The summed E-state index contributed by atoms with van der Waals surface area (Å²) in [6, 6.07) is 12.4. The molecule has 0 spiro atoms. The van der Waals surface area contributed by atoms with Crippen molar-refractivity contribution in [1.29, 1.82) is 0 Å². The first-order valence-corrected chi connectivity index (χ1v) is 6.47. The molecule has 110 valence electrons. The quantitative estimate of drug-likeness (QED) is 0.934. The molecule has 2 aromatic carbocycles. The summed E-state index contributed by atoms with van der Waals surface area (Å²) >= 11 is 0. The maximum atomic E-state index is 13.3. The van der Waals surface area contributed by atoms with E-state index < -0.39 is 18.0 Å². The van der Waals surface area contributed by atoms with Crippen LogP contribution in [0.2, 0.25) is 0 Å². The summed E-state index contributed by atoms with van der Waals surface area (Å²) < 4.78 is 23.6. The monoisotopic (exact) mass is 289 g/mol. The number of ether oxygens (including phenoxy) is 2. The van der Waals surface area contributed by atoms with Crippen molar-refractivity contribution in [2.24, 2.45) is 0 Å². The van der Waals surface area contributed by atoms with E-state index in [1.165, 1.54) is 25.3 Å². The van der Waals surface area contributed by atoms with Gasteiger partial charge in [0.1, 0.15) is 17.3 Å². The molecular formula is C16H16FNO3. The standard InChI is InChI=1S/C16H16FNO3/c1-11(14-10-12(17)8-9-15(14)20-2)18-16(19)21-13-6-4-3-5-7-13/h3-11H,1-2H3,(H,18,19). The Kier molecular flexibility index (Phi) is 4.77. The van der Waals surface area contributed by atoms with Crippen molar-refractivity contribution in [2.75, 3.05) is 7.11 Å². The lowest BCUT2D eigenvalue weighted by atomic mass is 10.1. The average Bonchev–Trinajstić information content (AvgIpc) is 2.48. The molecule has 0 bridgehead atoms. The van der Waals surface area contributed by atoms with Crippen molar-refractivity contribution >= 4 is 6.09 Å². The number of amides is 1. The number of halogens is 1. The fourth-order valence-corrected chi connectivity index (χ4v) is 1.92. The summed E-state index contributed by atoms with van der Waals surface area (Å²) in [5.41, 5.74) is 0.544. The maximum absolute atomic E-state index is 13.3. The highest BCUT2D eigenvalue weighted by atomic mass is 19.1. The molecule has 0 heterocycles. The molecule has 0 aliphatic carbocycles. The van der Waals surface area contributed by atoms with Crippen LogP contribution in [0.5, 0.6) is 11.5 Å². The van der Waals surface area contributed by atoms with Gasteiger partial charge in [-0.25, -0.2) is 9.18 Å². The minimum Gasteiger partial charge on any atom is -0.496 e. The van der Waals surface area contributed by atoms with E-state index in [1.54, 1.807) is 31.2 Å². The van der Waals surface area contributed by atoms with Crippen LogP contribution in [0.1, 0.15) is 18.5 Å². The predicted octanol–water partition coefficient (Wildman–Crippen LogP) is 3.68. The number of methoxy groups -OCH3 is 1. The molecule has 1 atom stereocenters. The van der Waals surface area contributed by atoms with Crippen LogP contribution in [-0.2, 0) is 0 Å². The van der Waals surface area contributed by atoms with Gasteiger partial charge in [0, 0.05) is 5.56 Å². The molecule has 0 aliphatic rings. The van der Waals surface area contributed by atoms with E-state index >= 15 is 0 Å². The number of benzene rings is 2. The van der Waals surface area contributed by atoms with E-state index in [0.717, 1.165) is 0 Å². The van der Waals surface area contributed by atoms with E-state index in [1.807, 2.05) is 6.07 Å². The summed E-state index contributed by atoms with van der Waals surface area (Å²) in [6.45, 7) is 1.73. The van der Waals surface area contributed by atoms with Crippen LogP contribution >= 0.6 is 0 Å². The molecular weight excluding hydrogens is 273 g/mol. The summed E-state index contributed by atoms with van der Waals surface area (Å²) in [5.74, 6) is 0.549. The first-order valence-electron chi connectivity index (χ1n) is 6.47. The third-order valence-electron chi connectivity index (χ3n) is 2.95. The van der Waals surface area contributed by atoms with Crippen LogP contribution in [0, 0.1) is 5.82 Å². The second-order valence-corrected chi connectivity index (χ2v) is 4.45. The summed E-state index contributed by atoms with van der Waals surface area (Å²) in [7, 11) is 1.49. The molecule has 0 saturated carbocycles.